The molecule has 6 nitrogen and oxygen atoms in total. The number of nitrogens with two attached hydrogens (primary N) is 1. The molecule has 1 aromatic heterocycles. The number of fused-ring (bicyclic) bond motifs is 1. The summed E-state index contributed by atoms with van der Waals surface area (Å²) in [6.45, 7) is 5.38. The Balaban J connectivity index is 1.63. The molecule has 3 rings (SSSR count). The van der Waals surface area contributed by atoms with Gasteiger partial charge in [0.05, 0.1) is 6.54 Å². The first-order chi connectivity index (χ1) is 8.25. The summed E-state index contributed by atoms with van der Waals surface area (Å²) < 4.78 is 7.49. The van der Waals surface area contributed by atoms with E-state index in [4.69, 9.17) is 10.5 Å². The zero-order valence-electron chi connectivity index (χ0n) is 10.0. The van der Waals surface area contributed by atoms with Crippen molar-refractivity contribution in [1.29, 1.82) is 0 Å². The Morgan fingerprint density at radius 3 is 3.00 bits per heavy atom. The molecule has 6 heteroatoms. The Labute approximate surface area is 101 Å². The van der Waals surface area contributed by atoms with Crippen molar-refractivity contribution in [1.82, 2.24) is 19.7 Å². The predicted octanol–water partition coefficient (Wildman–Crippen LogP) is -0.398. The molecule has 0 bridgehead atoms. The van der Waals surface area contributed by atoms with Crippen molar-refractivity contribution in [2.24, 2.45) is 5.73 Å². The fourth-order valence-corrected chi connectivity index (χ4v) is 2.63. The van der Waals surface area contributed by atoms with Gasteiger partial charge in [0.25, 0.3) is 0 Å². The van der Waals surface area contributed by atoms with Crippen molar-refractivity contribution in [2.75, 3.05) is 26.3 Å². The van der Waals surface area contributed by atoms with Crippen molar-refractivity contribution in [3.63, 3.8) is 0 Å². The lowest BCUT2D eigenvalue weighted by molar-refractivity contribution is 0.0333. The van der Waals surface area contributed by atoms with Crippen LogP contribution in [0.25, 0.3) is 0 Å². The molecular formula is C11H19N5O. The van der Waals surface area contributed by atoms with E-state index < -0.39 is 0 Å². The van der Waals surface area contributed by atoms with Crippen LogP contribution >= 0.6 is 0 Å². The lowest BCUT2D eigenvalue weighted by atomic mass is 9.90. The summed E-state index contributed by atoms with van der Waals surface area (Å²) in [7, 11) is 0. The molecule has 0 aromatic carbocycles. The van der Waals surface area contributed by atoms with Gasteiger partial charge in [-0.1, -0.05) is 0 Å². The maximum absolute atomic E-state index is 6.42. The van der Waals surface area contributed by atoms with Gasteiger partial charge in [-0.05, 0) is 12.8 Å². The Hall–Kier alpha value is -0.980. The second kappa shape index (κ2) is 4.36. The average Bonchev–Trinajstić information content (AvgIpc) is 2.76. The lowest BCUT2D eigenvalue weighted by Crippen LogP contribution is -2.54. The third-order valence-corrected chi connectivity index (χ3v) is 3.74. The highest BCUT2D eigenvalue weighted by atomic mass is 16.5. The van der Waals surface area contributed by atoms with E-state index in [9.17, 15) is 0 Å². The van der Waals surface area contributed by atoms with Crippen LogP contribution in [0.15, 0.2) is 6.33 Å². The van der Waals surface area contributed by atoms with Crippen molar-refractivity contribution < 1.29 is 4.74 Å². The minimum absolute atomic E-state index is 0.0829. The minimum atomic E-state index is -0.0829. The van der Waals surface area contributed by atoms with Crippen LogP contribution in [-0.4, -0.2) is 51.5 Å². The molecular weight excluding hydrogens is 218 g/mol. The summed E-state index contributed by atoms with van der Waals surface area (Å²) in [5, 5.41) is 8.07. The standard InChI is InChI=1S/C11H19N5O/c12-11(1-5-17-6-2-11)8-15-3-4-16-9-13-14-10(16)7-15/h9H,1-8,12H2. The van der Waals surface area contributed by atoms with E-state index in [1.807, 2.05) is 0 Å². The Kier molecular flexibility index (Phi) is 2.85. The molecule has 0 radical (unpaired) electrons. The zero-order valence-corrected chi connectivity index (χ0v) is 10.0. The van der Waals surface area contributed by atoms with Crippen LogP contribution in [-0.2, 0) is 17.8 Å². The van der Waals surface area contributed by atoms with Gasteiger partial charge in [0, 0.05) is 38.4 Å². The second-order valence-corrected chi connectivity index (χ2v) is 5.13. The molecule has 3 heterocycles. The molecule has 0 spiro atoms. The predicted molar refractivity (Wildman–Crippen MR) is 62.3 cm³/mol. The van der Waals surface area contributed by atoms with Gasteiger partial charge in [-0.2, -0.15) is 0 Å². The summed E-state index contributed by atoms with van der Waals surface area (Å²) in [6, 6.07) is 0. The van der Waals surface area contributed by atoms with E-state index in [-0.39, 0.29) is 5.54 Å². The van der Waals surface area contributed by atoms with Crippen molar-refractivity contribution >= 4 is 0 Å². The van der Waals surface area contributed by atoms with Crippen molar-refractivity contribution in [3.8, 4) is 0 Å². The molecule has 0 amide bonds. The molecule has 17 heavy (non-hydrogen) atoms. The fourth-order valence-electron chi connectivity index (χ4n) is 2.63. The number of hydrogen-bond acceptors (Lipinski definition) is 5. The molecule has 1 aromatic rings. The van der Waals surface area contributed by atoms with Gasteiger partial charge in [0.15, 0.2) is 0 Å². The third-order valence-electron chi connectivity index (χ3n) is 3.74. The van der Waals surface area contributed by atoms with Gasteiger partial charge in [-0.3, -0.25) is 4.90 Å². The summed E-state index contributed by atoms with van der Waals surface area (Å²) in [6.07, 6.45) is 3.71. The summed E-state index contributed by atoms with van der Waals surface area (Å²) in [4.78, 5) is 2.38. The first kappa shape index (κ1) is 11.1. The van der Waals surface area contributed by atoms with Crippen LogP contribution in [0.2, 0.25) is 0 Å². The van der Waals surface area contributed by atoms with Gasteiger partial charge >= 0.3 is 0 Å². The molecule has 94 valence electrons. The average molecular weight is 237 g/mol. The number of hydrogen-bond donors (Lipinski definition) is 1. The van der Waals surface area contributed by atoms with Crippen LogP contribution in [0.4, 0.5) is 0 Å². The maximum atomic E-state index is 6.42. The number of ether oxygens (including phenoxy) is 1. The van der Waals surface area contributed by atoms with E-state index in [0.29, 0.717) is 0 Å². The molecule has 0 atom stereocenters. The number of aromatic nitrogens is 3. The van der Waals surface area contributed by atoms with E-state index >= 15 is 0 Å². The molecule has 0 unspecified atom stereocenters. The molecule has 0 aliphatic carbocycles. The zero-order chi connectivity index (χ0) is 11.7. The van der Waals surface area contributed by atoms with Gasteiger partial charge < -0.3 is 15.0 Å². The van der Waals surface area contributed by atoms with Crippen LogP contribution in [0.5, 0.6) is 0 Å². The first-order valence-electron chi connectivity index (χ1n) is 6.21. The van der Waals surface area contributed by atoms with Gasteiger partial charge in [0.1, 0.15) is 12.2 Å². The number of nitrogens with zero attached hydrogens (tertiary/aromatic N) is 4. The summed E-state index contributed by atoms with van der Waals surface area (Å²) in [5.41, 5.74) is 6.34. The highest BCUT2D eigenvalue weighted by Gasteiger charge is 2.31. The summed E-state index contributed by atoms with van der Waals surface area (Å²) in [5.74, 6) is 1.05. The number of rotatable bonds is 2. The molecule has 1 saturated heterocycles. The van der Waals surface area contributed by atoms with Gasteiger partial charge in [-0.25, -0.2) is 0 Å². The van der Waals surface area contributed by atoms with E-state index in [0.717, 1.165) is 58.1 Å². The van der Waals surface area contributed by atoms with Crippen molar-refractivity contribution in [2.45, 2.75) is 31.5 Å². The Morgan fingerprint density at radius 2 is 2.18 bits per heavy atom. The largest absolute Gasteiger partial charge is 0.381 e. The molecule has 0 saturated carbocycles. The second-order valence-electron chi connectivity index (χ2n) is 5.13. The van der Waals surface area contributed by atoms with E-state index in [1.54, 1.807) is 6.33 Å². The van der Waals surface area contributed by atoms with E-state index in [2.05, 4.69) is 19.7 Å². The lowest BCUT2D eigenvalue weighted by Gasteiger charge is -2.39. The smallest absolute Gasteiger partial charge is 0.147 e. The SMILES string of the molecule is NC1(CN2CCn3cnnc3C2)CCOCC1. The maximum Gasteiger partial charge on any atom is 0.147 e. The van der Waals surface area contributed by atoms with Crippen LogP contribution in [0, 0.1) is 0 Å². The Morgan fingerprint density at radius 1 is 1.35 bits per heavy atom. The first-order valence-corrected chi connectivity index (χ1v) is 6.21. The fraction of sp³-hybridized carbons (Fsp3) is 0.818. The Bertz CT molecular complexity index is 385. The van der Waals surface area contributed by atoms with Gasteiger partial charge in [0.2, 0.25) is 0 Å². The van der Waals surface area contributed by atoms with E-state index in [1.165, 1.54) is 0 Å². The third kappa shape index (κ3) is 2.34. The quantitative estimate of drug-likeness (QED) is 0.758. The molecule has 2 aliphatic rings. The van der Waals surface area contributed by atoms with Crippen molar-refractivity contribution in [3.05, 3.63) is 12.2 Å². The molecule has 1 fully saturated rings. The molecule has 2 N–H and O–H groups in total. The van der Waals surface area contributed by atoms with Crippen LogP contribution in [0.3, 0.4) is 0 Å². The van der Waals surface area contributed by atoms with Crippen LogP contribution < -0.4 is 5.73 Å². The highest BCUT2D eigenvalue weighted by Crippen LogP contribution is 2.21. The highest BCUT2D eigenvalue weighted by molar-refractivity contribution is 4.95. The summed E-state index contributed by atoms with van der Waals surface area (Å²) >= 11 is 0. The minimum Gasteiger partial charge on any atom is -0.381 e. The molecule has 2 aliphatic heterocycles. The topological polar surface area (TPSA) is 69.2 Å². The van der Waals surface area contributed by atoms with Crippen LogP contribution in [0.1, 0.15) is 18.7 Å². The normalized spacial score (nSPS) is 24.5. The van der Waals surface area contributed by atoms with Gasteiger partial charge in [-0.15, -0.1) is 10.2 Å². The monoisotopic (exact) mass is 237 g/mol.